The summed E-state index contributed by atoms with van der Waals surface area (Å²) in [7, 11) is 0. The van der Waals surface area contributed by atoms with Crippen LogP contribution in [0, 0.1) is 17.8 Å². The van der Waals surface area contributed by atoms with Crippen LogP contribution in [0.4, 0.5) is 4.79 Å². The Balaban J connectivity index is 1.74. The molecule has 20 heavy (non-hydrogen) atoms. The van der Waals surface area contributed by atoms with Gasteiger partial charge in [0.25, 0.3) is 0 Å². The Hall–Kier alpha value is -1.79. The van der Waals surface area contributed by atoms with E-state index in [1.165, 1.54) is 19.3 Å². The molecule has 2 aliphatic rings. The summed E-state index contributed by atoms with van der Waals surface area (Å²) in [4.78, 5) is 33.0. The first-order chi connectivity index (χ1) is 9.45. The largest absolute Gasteiger partial charge is 0.481 e. The minimum absolute atomic E-state index is 0.474. The van der Waals surface area contributed by atoms with Crippen LogP contribution in [0.25, 0.3) is 0 Å². The number of rotatable bonds is 6. The predicted molar refractivity (Wildman–Crippen MR) is 69.1 cm³/mol. The molecule has 0 saturated heterocycles. The Morgan fingerprint density at radius 3 is 2.40 bits per heavy atom. The van der Waals surface area contributed by atoms with Crippen LogP contribution >= 0.6 is 0 Å². The van der Waals surface area contributed by atoms with E-state index in [1.807, 2.05) is 0 Å². The lowest BCUT2D eigenvalue weighted by atomic mass is 9.89. The molecule has 2 saturated carbocycles. The molecule has 0 aromatic carbocycles. The van der Waals surface area contributed by atoms with Gasteiger partial charge in [-0.15, -0.1) is 0 Å². The van der Waals surface area contributed by atoms with Gasteiger partial charge >= 0.3 is 18.0 Å². The summed E-state index contributed by atoms with van der Waals surface area (Å²) in [5, 5.41) is 22.3. The monoisotopic (exact) mass is 284 g/mol. The summed E-state index contributed by atoms with van der Waals surface area (Å²) in [6, 6.07) is -2.01. The zero-order valence-corrected chi connectivity index (χ0v) is 11.2. The van der Waals surface area contributed by atoms with Crippen LogP contribution in [0.15, 0.2) is 0 Å². The second kappa shape index (κ2) is 6.11. The van der Waals surface area contributed by atoms with Crippen LogP contribution in [-0.2, 0) is 9.59 Å². The van der Waals surface area contributed by atoms with E-state index >= 15 is 0 Å². The van der Waals surface area contributed by atoms with Crippen molar-refractivity contribution in [3.8, 4) is 0 Å². The Morgan fingerprint density at radius 2 is 1.90 bits per heavy atom. The molecule has 0 radical (unpaired) electrons. The molecule has 2 fully saturated rings. The molecular weight excluding hydrogens is 264 g/mol. The Morgan fingerprint density at radius 1 is 1.15 bits per heavy atom. The third kappa shape index (κ3) is 3.61. The lowest BCUT2D eigenvalue weighted by Gasteiger charge is -2.22. The standard InChI is InChI=1S/C13H20N2O5/c16-11(17)5-10(12(18)19)15-13(20)14-6-9-4-7-1-2-8(9)3-7/h7-10H,1-6H2,(H,16,17)(H,18,19)(H2,14,15,20)/t7?,8?,9?,10-/m0/s1. The van der Waals surface area contributed by atoms with Crippen LogP contribution < -0.4 is 10.6 Å². The molecule has 7 heteroatoms. The molecular formula is C13H20N2O5. The van der Waals surface area contributed by atoms with Crippen LogP contribution in [0.2, 0.25) is 0 Å². The fourth-order valence-electron chi connectivity index (χ4n) is 3.43. The normalized spacial score (nSPS) is 28.9. The number of carbonyl (C=O) groups is 3. The number of amides is 2. The highest BCUT2D eigenvalue weighted by Gasteiger charge is 2.39. The molecule has 112 valence electrons. The van der Waals surface area contributed by atoms with Crippen LogP contribution in [0.3, 0.4) is 0 Å². The molecule has 4 N–H and O–H groups in total. The Kier molecular flexibility index (Phi) is 4.46. The third-order valence-corrected chi connectivity index (χ3v) is 4.39. The first-order valence-corrected chi connectivity index (χ1v) is 6.94. The van der Waals surface area contributed by atoms with Crippen molar-refractivity contribution < 1.29 is 24.6 Å². The second-order valence-corrected chi connectivity index (χ2v) is 5.78. The number of carboxylic acid groups (broad SMARTS) is 2. The van der Waals surface area contributed by atoms with Crippen molar-refractivity contribution in [3.05, 3.63) is 0 Å². The topological polar surface area (TPSA) is 116 Å². The molecule has 2 rings (SSSR count). The molecule has 0 aromatic rings. The van der Waals surface area contributed by atoms with Gasteiger partial charge in [0.1, 0.15) is 6.04 Å². The van der Waals surface area contributed by atoms with Crippen LogP contribution in [0.5, 0.6) is 0 Å². The first kappa shape index (κ1) is 14.6. The first-order valence-electron chi connectivity index (χ1n) is 6.94. The summed E-state index contributed by atoms with van der Waals surface area (Å²) < 4.78 is 0. The SMILES string of the molecule is O=C(O)C[C@H](NC(=O)NCC1CC2CCC1C2)C(=O)O. The number of carbonyl (C=O) groups excluding carboxylic acids is 1. The van der Waals surface area contributed by atoms with Gasteiger partial charge in [-0.25, -0.2) is 9.59 Å². The second-order valence-electron chi connectivity index (χ2n) is 5.78. The van der Waals surface area contributed by atoms with Gasteiger partial charge in [0.05, 0.1) is 6.42 Å². The van der Waals surface area contributed by atoms with Crippen LogP contribution in [-0.4, -0.2) is 40.8 Å². The van der Waals surface area contributed by atoms with Crippen molar-refractivity contribution in [2.45, 2.75) is 38.1 Å². The van der Waals surface area contributed by atoms with Crippen molar-refractivity contribution >= 4 is 18.0 Å². The fraction of sp³-hybridized carbons (Fsp3) is 0.769. The molecule has 7 nitrogen and oxygen atoms in total. The van der Waals surface area contributed by atoms with E-state index in [-0.39, 0.29) is 0 Å². The van der Waals surface area contributed by atoms with Gasteiger partial charge in [-0.2, -0.15) is 0 Å². The number of hydrogen-bond donors (Lipinski definition) is 4. The Labute approximate surface area is 116 Å². The van der Waals surface area contributed by atoms with Gasteiger partial charge in [-0.05, 0) is 37.0 Å². The van der Waals surface area contributed by atoms with E-state index in [4.69, 9.17) is 10.2 Å². The van der Waals surface area contributed by atoms with E-state index in [0.29, 0.717) is 18.4 Å². The molecule has 3 unspecified atom stereocenters. The molecule has 2 bridgehead atoms. The maximum Gasteiger partial charge on any atom is 0.326 e. The summed E-state index contributed by atoms with van der Waals surface area (Å²) in [5.74, 6) is -0.668. The van der Waals surface area contributed by atoms with Crippen molar-refractivity contribution in [1.29, 1.82) is 0 Å². The fourth-order valence-corrected chi connectivity index (χ4v) is 3.43. The molecule has 4 atom stereocenters. The third-order valence-electron chi connectivity index (χ3n) is 4.39. The molecule has 0 aliphatic heterocycles. The minimum Gasteiger partial charge on any atom is -0.481 e. The zero-order chi connectivity index (χ0) is 14.7. The summed E-state index contributed by atoms with van der Waals surface area (Å²) >= 11 is 0. The van der Waals surface area contributed by atoms with Crippen molar-refractivity contribution in [2.24, 2.45) is 17.8 Å². The number of hydrogen-bond acceptors (Lipinski definition) is 3. The summed E-state index contributed by atoms with van der Waals surface area (Å²) in [6.45, 7) is 0.534. The highest BCUT2D eigenvalue weighted by molar-refractivity contribution is 5.86. The van der Waals surface area contributed by atoms with Gasteiger partial charge in [-0.3, -0.25) is 4.79 Å². The van der Waals surface area contributed by atoms with Crippen molar-refractivity contribution in [1.82, 2.24) is 10.6 Å². The molecule has 2 aliphatic carbocycles. The molecule has 0 aromatic heterocycles. The lowest BCUT2D eigenvalue weighted by molar-refractivity contribution is -0.145. The van der Waals surface area contributed by atoms with Crippen LogP contribution in [0.1, 0.15) is 32.1 Å². The van der Waals surface area contributed by atoms with E-state index in [1.54, 1.807) is 0 Å². The van der Waals surface area contributed by atoms with Gasteiger partial charge in [0.15, 0.2) is 0 Å². The van der Waals surface area contributed by atoms with E-state index in [2.05, 4.69) is 10.6 Å². The highest BCUT2D eigenvalue weighted by atomic mass is 16.4. The van der Waals surface area contributed by atoms with E-state index in [0.717, 1.165) is 12.3 Å². The van der Waals surface area contributed by atoms with Crippen molar-refractivity contribution in [2.75, 3.05) is 6.54 Å². The van der Waals surface area contributed by atoms with Gasteiger partial charge in [0, 0.05) is 6.54 Å². The van der Waals surface area contributed by atoms with Gasteiger partial charge in [-0.1, -0.05) is 6.42 Å². The number of nitrogens with one attached hydrogen (secondary N) is 2. The van der Waals surface area contributed by atoms with Crippen molar-refractivity contribution in [3.63, 3.8) is 0 Å². The summed E-state index contributed by atoms with van der Waals surface area (Å²) in [5.41, 5.74) is 0. The van der Waals surface area contributed by atoms with Gasteiger partial charge in [0.2, 0.25) is 0 Å². The maximum absolute atomic E-state index is 11.6. The Bertz CT molecular complexity index is 412. The maximum atomic E-state index is 11.6. The van der Waals surface area contributed by atoms with Gasteiger partial charge < -0.3 is 20.8 Å². The predicted octanol–water partition coefficient (Wildman–Crippen LogP) is 0.650. The number of aliphatic carboxylic acids is 2. The number of urea groups is 1. The summed E-state index contributed by atoms with van der Waals surface area (Å²) in [6.07, 6.45) is 4.24. The lowest BCUT2D eigenvalue weighted by Crippen LogP contribution is -2.48. The number of carboxylic acids is 2. The minimum atomic E-state index is -1.40. The van der Waals surface area contributed by atoms with E-state index in [9.17, 15) is 14.4 Å². The zero-order valence-electron chi connectivity index (χ0n) is 11.2. The number of fused-ring (bicyclic) bond motifs is 2. The molecule has 0 heterocycles. The van der Waals surface area contributed by atoms with E-state index < -0.39 is 30.4 Å². The average molecular weight is 284 g/mol. The average Bonchev–Trinajstić information content (AvgIpc) is 2.97. The highest BCUT2D eigenvalue weighted by Crippen LogP contribution is 2.47. The molecule has 2 amide bonds. The smallest absolute Gasteiger partial charge is 0.326 e. The molecule has 0 spiro atoms. The quantitative estimate of drug-likeness (QED) is 0.571.